The SMILES string of the molecule is C#CCOc1ccc(C)c(N)c1. The zero-order chi connectivity index (χ0) is 8.97. The van der Waals surface area contributed by atoms with Crippen LogP contribution in [0, 0.1) is 19.3 Å². The second-order valence-electron chi connectivity index (χ2n) is 2.51. The third-order valence-electron chi connectivity index (χ3n) is 1.57. The molecule has 0 atom stereocenters. The maximum atomic E-state index is 5.66. The van der Waals surface area contributed by atoms with Crippen molar-refractivity contribution in [3.05, 3.63) is 23.8 Å². The summed E-state index contributed by atoms with van der Waals surface area (Å²) in [5.41, 5.74) is 7.43. The Hall–Kier alpha value is -1.62. The number of nitrogen functional groups attached to an aromatic ring is 1. The molecule has 0 unspecified atom stereocenters. The molecule has 0 aliphatic rings. The van der Waals surface area contributed by atoms with Crippen LogP contribution >= 0.6 is 0 Å². The van der Waals surface area contributed by atoms with Crippen LogP contribution in [-0.2, 0) is 0 Å². The summed E-state index contributed by atoms with van der Waals surface area (Å²) in [4.78, 5) is 0. The van der Waals surface area contributed by atoms with Crippen molar-refractivity contribution in [2.24, 2.45) is 0 Å². The van der Waals surface area contributed by atoms with Gasteiger partial charge in [0.05, 0.1) is 0 Å². The summed E-state index contributed by atoms with van der Waals surface area (Å²) in [5, 5.41) is 0. The number of anilines is 1. The summed E-state index contributed by atoms with van der Waals surface area (Å²) in [6.07, 6.45) is 5.04. The minimum atomic E-state index is 0.280. The van der Waals surface area contributed by atoms with Gasteiger partial charge in [0.25, 0.3) is 0 Å². The predicted octanol–water partition coefficient (Wildman–Crippen LogP) is 1.59. The van der Waals surface area contributed by atoms with Gasteiger partial charge in [0.1, 0.15) is 12.4 Å². The molecule has 0 saturated carbocycles. The molecule has 0 amide bonds. The Labute approximate surface area is 72.3 Å². The van der Waals surface area contributed by atoms with Gasteiger partial charge in [-0.2, -0.15) is 0 Å². The number of hydrogen-bond acceptors (Lipinski definition) is 2. The van der Waals surface area contributed by atoms with Gasteiger partial charge < -0.3 is 10.5 Å². The Balaban J connectivity index is 2.77. The van der Waals surface area contributed by atoms with Crippen molar-refractivity contribution < 1.29 is 4.74 Å². The molecule has 2 N–H and O–H groups in total. The maximum Gasteiger partial charge on any atom is 0.148 e. The van der Waals surface area contributed by atoms with Crippen molar-refractivity contribution in [1.29, 1.82) is 0 Å². The first-order valence-electron chi connectivity index (χ1n) is 3.66. The lowest BCUT2D eigenvalue weighted by atomic mass is 10.2. The third kappa shape index (κ3) is 1.93. The molecule has 0 aliphatic heterocycles. The first-order chi connectivity index (χ1) is 5.74. The molecule has 1 aromatic rings. The number of ether oxygens (including phenoxy) is 1. The molecule has 0 aromatic heterocycles. The molecule has 0 fully saturated rings. The molecule has 2 nitrogen and oxygen atoms in total. The van der Waals surface area contributed by atoms with Crippen molar-refractivity contribution in [2.75, 3.05) is 12.3 Å². The zero-order valence-corrected chi connectivity index (χ0v) is 7.00. The van der Waals surface area contributed by atoms with E-state index >= 15 is 0 Å². The van der Waals surface area contributed by atoms with Crippen LogP contribution < -0.4 is 10.5 Å². The Morgan fingerprint density at radius 1 is 1.58 bits per heavy atom. The van der Waals surface area contributed by atoms with Crippen LogP contribution in [0.15, 0.2) is 18.2 Å². The lowest BCUT2D eigenvalue weighted by Gasteiger charge is -2.04. The van der Waals surface area contributed by atoms with E-state index in [1.807, 2.05) is 19.1 Å². The summed E-state index contributed by atoms with van der Waals surface area (Å²) in [6, 6.07) is 5.52. The quantitative estimate of drug-likeness (QED) is 0.528. The fourth-order valence-electron chi connectivity index (χ4n) is 0.833. The molecule has 0 spiro atoms. The molecule has 0 bridgehead atoms. The Bertz CT molecular complexity index is 312. The van der Waals surface area contributed by atoms with Crippen LogP contribution in [0.3, 0.4) is 0 Å². The summed E-state index contributed by atoms with van der Waals surface area (Å²) in [5.74, 6) is 3.11. The van der Waals surface area contributed by atoms with Crippen LogP contribution in [0.25, 0.3) is 0 Å². The van der Waals surface area contributed by atoms with E-state index in [9.17, 15) is 0 Å². The zero-order valence-electron chi connectivity index (χ0n) is 7.00. The van der Waals surface area contributed by atoms with Gasteiger partial charge in [-0.1, -0.05) is 12.0 Å². The van der Waals surface area contributed by atoms with Gasteiger partial charge in [-0.3, -0.25) is 0 Å². The molecular formula is C10H11NO. The van der Waals surface area contributed by atoms with Gasteiger partial charge in [-0.15, -0.1) is 6.42 Å². The number of benzene rings is 1. The summed E-state index contributed by atoms with van der Waals surface area (Å²) in [7, 11) is 0. The normalized spacial score (nSPS) is 9.00. The Morgan fingerprint density at radius 2 is 2.33 bits per heavy atom. The van der Waals surface area contributed by atoms with Crippen molar-refractivity contribution in [2.45, 2.75) is 6.92 Å². The molecule has 0 radical (unpaired) electrons. The molecule has 0 saturated heterocycles. The number of aryl methyl sites for hydroxylation is 1. The predicted molar refractivity (Wildman–Crippen MR) is 49.9 cm³/mol. The van der Waals surface area contributed by atoms with Crippen molar-refractivity contribution in [1.82, 2.24) is 0 Å². The number of terminal acetylenes is 1. The molecule has 0 aliphatic carbocycles. The molecule has 2 heteroatoms. The highest BCUT2D eigenvalue weighted by atomic mass is 16.5. The van der Waals surface area contributed by atoms with Crippen LogP contribution in [-0.4, -0.2) is 6.61 Å². The van der Waals surface area contributed by atoms with E-state index in [1.54, 1.807) is 6.07 Å². The number of hydrogen-bond donors (Lipinski definition) is 1. The first kappa shape index (κ1) is 8.48. The standard InChI is InChI=1S/C10H11NO/c1-3-6-12-9-5-4-8(2)10(11)7-9/h1,4-5,7H,6,11H2,2H3. The van der Waals surface area contributed by atoms with Crippen LogP contribution in [0.5, 0.6) is 5.75 Å². The lowest BCUT2D eigenvalue weighted by Crippen LogP contribution is -1.95. The Kier molecular flexibility index (Phi) is 2.60. The summed E-state index contributed by atoms with van der Waals surface area (Å²) < 4.78 is 5.17. The molecule has 12 heavy (non-hydrogen) atoms. The Morgan fingerprint density at radius 3 is 2.92 bits per heavy atom. The van der Waals surface area contributed by atoms with Crippen LogP contribution in [0.4, 0.5) is 5.69 Å². The van der Waals surface area contributed by atoms with E-state index < -0.39 is 0 Å². The smallest absolute Gasteiger partial charge is 0.148 e. The average molecular weight is 161 g/mol. The molecule has 1 rings (SSSR count). The number of rotatable bonds is 2. The largest absolute Gasteiger partial charge is 0.481 e. The van der Waals surface area contributed by atoms with Gasteiger partial charge in [-0.05, 0) is 18.6 Å². The van der Waals surface area contributed by atoms with E-state index in [-0.39, 0.29) is 6.61 Å². The van der Waals surface area contributed by atoms with Gasteiger partial charge in [-0.25, -0.2) is 0 Å². The lowest BCUT2D eigenvalue weighted by molar-refractivity contribution is 0.370. The number of nitrogens with two attached hydrogens (primary N) is 1. The highest BCUT2D eigenvalue weighted by molar-refractivity contribution is 5.50. The fraction of sp³-hybridized carbons (Fsp3) is 0.200. The van der Waals surface area contributed by atoms with E-state index in [0.29, 0.717) is 0 Å². The van der Waals surface area contributed by atoms with Gasteiger partial charge >= 0.3 is 0 Å². The van der Waals surface area contributed by atoms with Gasteiger partial charge in [0, 0.05) is 11.8 Å². The monoisotopic (exact) mass is 161 g/mol. The van der Waals surface area contributed by atoms with Crippen LogP contribution in [0.2, 0.25) is 0 Å². The van der Waals surface area contributed by atoms with E-state index in [2.05, 4.69) is 5.92 Å². The van der Waals surface area contributed by atoms with E-state index in [0.717, 1.165) is 17.0 Å². The summed E-state index contributed by atoms with van der Waals surface area (Å²) >= 11 is 0. The third-order valence-corrected chi connectivity index (χ3v) is 1.57. The van der Waals surface area contributed by atoms with E-state index in [1.165, 1.54) is 0 Å². The highest BCUT2D eigenvalue weighted by Crippen LogP contribution is 2.18. The molecule has 1 aromatic carbocycles. The molecule has 0 heterocycles. The topological polar surface area (TPSA) is 35.2 Å². The van der Waals surface area contributed by atoms with Crippen molar-refractivity contribution >= 4 is 5.69 Å². The van der Waals surface area contributed by atoms with Gasteiger partial charge in [0.15, 0.2) is 0 Å². The average Bonchev–Trinajstić information content (AvgIpc) is 2.07. The first-order valence-corrected chi connectivity index (χ1v) is 3.66. The van der Waals surface area contributed by atoms with Crippen molar-refractivity contribution in [3.8, 4) is 18.1 Å². The molecule has 62 valence electrons. The van der Waals surface area contributed by atoms with Crippen LogP contribution in [0.1, 0.15) is 5.56 Å². The minimum absolute atomic E-state index is 0.280. The fourth-order valence-corrected chi connectivity index (χ4v) is 0.833. The van der Waals surface area contributed by atoms with Gasteiger partial charge in [0.2, 0.25) is 0 Å². The summed E-state index contributed by atoms with van der Waals surface area (Å²) in [6.45, 7) is 2.22. The van der Waals surface area contributed by atoms with E-state index in [4.69, 9.17) is 16.9 Å². The van der Waals surface area contributed by atoms with Crippen molar-refractivity contribution in [3.63, 3.8) is 0 Å². The second kappa shape index (κ2) is 3.68. The highest BCUT2D eigenvalue weighted by Gasteiger charge is 1.95. The molecular weight excluding hydrogens is 150 g/mol. The maximum absolute atomic E-state index is 5.66. The second-order valence-corrected chi connectivity index (χ2v) is 2.51. The minimum Gasteiger partial charge on any atom is -0.481 e.